The average molecular weight is 296 g/mol. The Balaban J connectivity index is 2.24. The molecule has 0 fully saturated rings. The Morgan fingerprint density at radius 1 is 1.50 bits per heavy atom. The number of likely N-dealkylation sites (N-methyl/N-ethyl adjacent to an activating group) is 1. The Morgan fingerprint density at radius 3 is 3.00 bits per heavy atom. The maximum absolute atomic E-state index is 11.8. The largest absolute Gasteiger partial charge is 0.384 e. The molecule has 0 bridgehead atoms. The maximum atomic E-state index is 11.8. The van der Waals surface area contributed by atoms with Gasteiger partial charge >= 0.3 is 0 Å². The van der Waals surface area contributed by atoms with E-state index in [0.717, 1.165) is 11.4 Å². The van der Waals surface area contributed by atoms with Crippen molar-refractivity contribution in [2.24, 2.45) is 0 Å². The molecule has 0 radical (unpaired) electrons. The van der Waals surface area contributed by atoms with E-state index in [1.165, 1.54) is 11.3 Å². The highest BCUT2D eigenvalue weighted by molar-refractivity contribution is 7.10. The minimum Gasteiger partial charge on any atom is -0.384 e. The summed E-state index contributed by atoms with van der Waals surface area (Å²) in [5, 5.41) is 13.1. The minimum atomic E-state index is -0.177. The fraction of sp³-hybridized carbons (Fsp3) is 0.500. The van der Waals surface area contributed by atoms with Gasteiger partial charge in [0.05, 0.1) is 23.7 Å². The van der Waals surface area contributed by atoms with Crippen molar-refractivity contribution in [2.75, 3.05) is 47.0 Å². The average Bonchev–Trinajstić information content (AvgIpc) is 2.88. The van der Waals surface area contributed by atoms with Crippen LogP contribution in [-0.2, 0) is 4.74 Å². The zero-order valence-electron chi connectivity index (χ0n) is 11.8. The number of ether oxygens (including phenoxy) is 1. The van der Waals surface area contributed by atoms with Gasteiger partial charge in [-0.15, -0.1) is 11.3 Å². The number of rotatable bonds is 7. The molecule has 0 aromatic carbocycles. The van der Waals surface area contributed by atoms with E-state index in [2.05, 4.69) is 17.2 Å². The first kappa shape index (κ1) is 16.7. The normalized spacial score (nSPS) is 10.2. The van der Waals surface area contributed by atoms with Gasteiger partial charge in [0.15, 0.2) is 0 Å². The van der Waals surface area contributed by atoms with Crippen molar-refractivity contribution in [2.45, 2.75) is 0 Å². The van der Waals surface area contributed by atoms with E-state index in [1.807, 2.05) is 19.0 Å². The van der Waals surface area contributed by atoms with Crippen LogP contribution < -0.4 is 5.32 Å². The molecule has 1 heterocycles. The lowest BCUT2D eigenvalue weighted by Gasteiger charge is -2.10. The van der Waals surface area contributed by atoms with E-state index >= 15 is 0 Å². The molecule has 0 saturated carbocycles. The quantitative estimate of drug-likeness (QED) is 0.565. The van der Waals surface area contributed by atoms with Crippen LogP contribution in [0.15, 0.2) is 11.4 Å². The second-order valence-electron chi connectivity index (χ2n) is 4.33. The third-order valence-electron chi connectivity index (χ3n) is 2.37. The third kappa shape index (κ3) is 6.68. The van der Waals surface area contributed by atoms with Crippen LogP contribution in [0, 0.1) is 11.8 Å². The molecular formula is C14H20N2O3S. The van der Waals surface area contributed by atoms with Crippen LogP contribution in [0.2, 0.25) is 0 Å². The first-order valence-electron chi connectivity index (χ1n) is 6.32. The summed E-state index contributed by atoms with van der Waals surface area (Å²) in [6.07, 6.45) is 0. The molecule has 1 aromatic rings. The lowest BCUT2D eigenvalue weighted by molar-refractivity contribution is 0.0900. The summed E-state index contributed by atoms with van der Waals surface area (Å²) < 4.78 is 5.39. The van der Waals surface area contributed by atoms with E-state index in [4.69, 9.17) is 9.84 Å². The van der Waals surface area contributed by atoms with Crippen molar-refractivity contribution in [3.05, 3.63) is 21.9 Å². The van der Waals surface area contributed by atoms with Gasteiger partial charge in [-0.3, -0.25) is 4.79 Å². The summed E-state index contributed by atoms with van der Waals surface area (Å²) in [5.41, 5.74) is 0.588. The van der Waals surface area contributed by atoms with Gasteiger partial charge in [0.25, 0.3) is 5.91 Å². The van der Waals surface area contributed by atoms with E-state index in [0.29, 0.717) is 25.3 Å². The van der Waals surface area contributed by atoms with Crippen LogP contribution in [0.5, 0.6) is 0 Å². The molecular weight excluding hydrogens is 276 g/mol. The van der Waals surface area contributed by atoms with E-state index in [1.54, 1.807) is 11.4 Å². The summed E-state index contributed by atoms with van der Waals surface area (Å²) in [6, 6.07) is 1.72. The highest BCUT2D eigenvalue weighted by atomic mass is 32.1. The monoisotopic (exact) mass is 296 g/mol. The molecule has 0 saturated heterocycles. The fourth-order valence-corrected chi connectivity index (χ4v) is 2.09. The highest BCUT2D eigenvalue weighted by Gasteiger charge is 2.07. The number of aliphatic hydroxyl groups is 1. The Morgan fingerprint density at radius 2 is 2.30 bits per heavy atom. The van der Waals surface area contributed by atoms with E-state index in [-0.39, 0.29) is 12.5 Å². The molecule has 0 atom stereocenters. The smallest absolute Gasteiger partial charge is 0.252 e. The van der Waals surface area contributed by atoms with Crippen molar-refractivity contribution in [1.29, 1.82) is 0 Å². The molecule has 110 valence electrons. The van der Waals surface area contributed by atoms with Crippen molar-refractivity contribution in [3.63, 3.8) is 0 Å². The van der Waals surface area contributed by atoms with Crippen LogP contribution in [0.1, 0.15) is 15.2 Å². The first-order chi connectivity index (χ1) is 9.63. The number of aliphatic hydroxyl groups excluding tert-OH is 1. The second kappa shape index (κ2) is 9.50. The number of nitrogens with one attached hydrogen (secondary N) is 1. The number of nitrogens with zero attached hydrogens (tertiary/aromatic N) is 1. The zero-order valence-corrected chi connectivity index (χ0v) is 12.6. The van der Waals surface area contributed by atoms with E-state index in [9.17, 15) is 4.79 Å². The number of hydrogen-bond donors (Lipinski definition) is 2. The lowest BCUT2D eigenvalue weighted by Crippen LogP contribution is -2.28. The molecule has 1 rings (SSSR count). The van der Waals surface area contributed by atoms with Crippen molar-refractivity contribution < 1.29 is 14.6 Å². The molecule has 0 aliphatic rings. The summed E-state index contributed by atoms with van der Waals surface area (Å²) >= 11 is 1.39. The SMILES string of the molecule is CN(C)CCOCCNC(=O)c1csc(C#CCO)c1. The number of carbonyl (C=O) groups is 1. The standard InChI is InChI=1S/C14H20N2O3S/c1-16(2)6-9-19-8-5-15-14(18)12-10-13(20-11-12)4-3-7-17/h10-11,17H,5-9H2,1-2H3,(H,15,18). The Kier molecular flexibility index (Phi) is 7.92. The molecule has 1 aromatic heterocycles. The number of hydrogen-bond acceptors (Lipinski definition) is 5. The maximum Gasteiger partial charge on any atom is 0.252 e. The summed E-state index contributed by atoms with van der Waals surface area (Å²) in [5.74, 6) is 5.20. The van der Waals surface area contributed by atoms with Crippen LogP contribution in [0.25, 0.3) is 0 Å². The molecule has 0 aliphatic carbocycles. The Bertz CT molecular complexity index is 474. The van der Waals surface area contributed by atoms with Gasteiger partial charge < -0.3 is 20.1 Å². The summed E-state index contributed by atoms with van der Waals surface area (Å²) in [7, 11) is 3.97. The molecule has 20 heavy (non-hydrogen) atoms. The predicted molar refractivity (Wildman–Crippen MR) is 80.0 cm³/mol. The van der Waals surface area contributed by atoms with Gasteiger partial charge in [-0.05, 0) is 20.2 Å². The van der Waals surface area contributed by atoms with Crippen LogP contribution in [-0.4, -0.2) is 62.9 Å². The molecule has 0 aliphatic heterocycles. The molecule has 6 heteroatoms. The van der Waals surface area contributed by atoms with Crippen LogP contribution >= 0.6 is 11.3 Å². The molecule has 0 spiro atoms. The molecule has 5 nitrogen and oxygen atoms in total. The molecule has 0 unspecified atom stereocenters. The van der Waals surface area contributed by atoms with E-state index < -0.39 is 0 Å². The Hall–Kier alpha value is -1.39. The van der Waals surface area contributed by atoms with Gasteiger partial charge in [0, 0.05) is 18.5 Å². The van der Waals surface area contributed by atoms with Gasteiger partial charge in [-0.1, -0.05) is 11.8 Å². The zero-order chi connectivity index (χ0) is 14.8. The van der Waals surface area contributed by atoms with Gasteiger partial charge in [0.1, 0.15) is 6.61 Å². The van der Waals surface area contributed by atoms with Crippen LogP contribution in [0.3, 0.4) is 0 Å². The second-order valence-corrected chi connectivity index (χ2v) is 5.24. The van der Waals surface area contributed by atoms with Gasteiger partial charge in [-0.2, -0.15) is 0 Å². The van der Waals surface area contributed by atoms with Crippen molar-refractivity contribution in [1.82, 2.24) is 10.2 Å². The number of amides is 1. The van der Waals surface area contributed by atoms with Crippen molar-refractivity contribution >= 4 is 17.2 Å². The highest BCUT2D eigenvalue weighted by Crippen LogP contribution is 2.13. The number of carbonyl (C=O) groups excluding carboxylic acids is 1. The van der Waals surface area contributed by atoms with Gasteiger partial charge in [-0.25, -0.2) is 0 Å². The first-order valence-corrected chi connectivity index (χ1v) is 7.20. The fourth-order valence-electron chi connectivity index (χ4n) is 1.34. The molecule has 1 amide bonds. The Labute approximate surface area is 123 Å². The lowest BCUT2D eigenvalue weighted by atomic mass is 10.3. The summed E-state index contributed by atoms with van der Waals surface area (Å²) in [4.78, 5) is 14.6. The van der Waals surface area contributed by atoms with Crippen LogP contribution in [0.4, 0.5) is 0 Å². The third-order valence-corrected chi connectivity index (χ3v) is 3.21. The predicted octanol–water partition coefficient (Wildman–Crippen LogP) is 0.400. The molecule has 2 N–H and O–H groups in total. The van der Waals surface area contributed by atoms with Gasteiger partial charge in [0.2, 0.25) is 0 Å². The van der Waals surface area contributed by atoms with Crippen molar-refractivity contribution in [3.8, 4) is 11.8 Å². The topological polar surface area (TPSA) is 61.8 Å². The summed E-state index contributed by atoms with van der Waals surface area (Å²) in [6.45, 7) is 2.33. The minimum absolute atomic E-state index is 0.130. The number of thiophene rings is 1.